The molecule has 0 bridgehead atoms. The molecule has 0 heterocycles. The van der Waals surface area contributed by atoms with E-state index < -0.39 is 0 Å². The van der Waals surface area contributed by atoms with Crippen molar-refractivity contribution in [1.82, 2.24) is 0 Å². The first-order chi connectivity index (χ1) is 18.3. The molecular formula is C38H56P2Zr+2. The van der Waals surface area contributed by atoms with Gasteiger partial charge in [-0.3, -0.25) is 0 Å². The molecule has 2 atom stereocenters. The monoisotopic (exact) mass is 664 g/mol. The number of hydrogen-bond acceptors (Lipinski definition) is 0. The maximum absolute atomic E-state index is 2.77. The predicted octanol–water partition coefficient (Wildman–Crippen LogP) is 10.2. The summed E-state index contributed by atoms with van der Waals surface area (Å²) in [5.41, 5.74) is 8.15. The first kappa shape index (κ1) is 41.2. The Labute approximate surface area is 281 Å². The second-order valence-corrected chi connectivity index (χ2v) is 13.0. The Bertz CT molecular complexity index is 855. The van der Waals surface area contributed by atoms with Gasteiger partial charge >= 0.3 is 26.2 Å². The Morgan fingerprint density at radius 1 is 0.293 bits per heavy atom. The summed E-state index contributed by atoms with van der Waals surface area (Å²) in [6.07, 6.45) is 0. The van der Waals surface area contributed by atoms with E-state index in [0.717, 1.165) is 0 Å². The number of hydrogen-bond donors (Lipinski definition) is 0. The summed E-state index contributed by atoms with van der Waals surface area (Å²) < 4.78 is 0. The molecule has 0 aliphatic heterocycles. The first-order valence-electron chi connectivity index (χ1n) is 14.4. The van der Waals surface area contributed by atoms with Gasteiger partial charge in [0.15, 0.2) is 0 Å². The molecule has 41 heavy (non-hydrogen) atoms. The molecule has 2 unspecified atom stereocenters. The average Bonchev–Trinajstić information content (AvgIpc) is 3.16. The first-order valence-corrected chi connectivity index (χ1v) is 15.5. The molecule has 2 aliphatic carbocycles. The molecule has 220 valence electrons. The average molecular weight is 666 g/mol. The maximum atomic E-state index is 2.77. The molecule has 2 aromatic carbocycles. The van der Waals surface area contributed by atoms with E-state index >= 15 is 0 Å². The zero-order chi connectivity index (χ0) is 31.2. The topological polar surface area (TPSA) is 0 Å². The van der Waals surface area contributed by atoms with Crippen LogP contribution in [-0.4, -0.2) is 0 Å². The summed E-state index contributed by atoms with van der Waals surface area (Å²) in [6.45, 7) is 34.8. The number of benzene rings is 2. The second kappa shape index (κ2) is 18.2. The van der Waals surface area contributed by atoms with Crippen LogP contribution in [0.5, 0.6) is 0 Å². The molecule has 0 N–H and O–H groups in total. The van der Waals surface area contributed by atoms with Gasteiger partial charge in [-0.25, -0.2) is 0 Å². The van der Waals surface area contributed by atoms with Gasteiger partial charge in [-0.05, 0) is 134 Å². The third-order valence-corrected chi connectivity index (χ3v) is 10.9. The van der Waals surface area contributed by atoms with Crippen molar-refractivity contribution in [2.24, 2.45) is 0 Å². The van der Waals surface area contributed by atoms with E-state index in [1.807, 2.05) is 0 Å². The van der Waals surface area contributed by atoms with Gasteiger partial charge in [0.05, 0.1) is 0 Å². The van der Waals surface area contributed by atoms with Crippen LogP contribution in [0.3, 0.4) is 0 Å². The Balaban J connectivity index is 0.000000516. The molecule has 0 saturated heterocycles. The van der Waals surface area contributed by atoms with Crippen molar-refractivity contribution in [3.63, 3.8) is 0 Å². The fraction of sp³-hybridized carbons (Fsp3) is 0.421. The van der Waals surface area contributed by atoms with Gasteiger partial charge in [0, 0.05) is 0 Å². The van der Waals surface area contributed by atoms with Gasteiger partial charge in [0.25, 0.3) is 0 Å². The smallest absolute Gasteiger partial charge is 0.105 e. The van der Waals surface area contributed by atoms with Crippen LogP contribution >= 0.6 is 18.5 Å². The maximum Gasteiger partial charge on any atom is 2.00 e. The number of rotatable bonds is 0. The predicted molar refractivity (Wildman–Crippen MR) is 189 cm³/mol. The standard InChI is InChI=1S/2C10H15.2C9H13P.Zr/c2*1-6-7(2)9(4)10(5)8(6)3;2*1-6-4-7(2)9(10)8(3)5-6;/h2*1-5H3;2*4-5H,10H2,1-3H3;/q;;;;+2. The van der Waals surface area contributed by atoms with Crippen molar-refractivity contribution < 1.29 is 26.2 Å². The van der Waals surface area contributed by atoms with E-state index in [0.29, 0.717) is 0 Å². The zero-order valence-electron chi connectivity index (χ0n) is 29.0. The molecule has 0 nitrogen and oxygen atoms in total. The Morgan fingerprint density at radius 2 is 0.415 bits per heavy atom. The van der Waals surface area contributed by atoms with E-state index in [1.165, 1.54) is 103 Å². The molecule has 10 radical (unpaired) electrons. The van der Waals surface area contributed by atoms with Crippen LogP contribution in [0.15, 0.2) is 24.3 Å². The molecule has 4 rings (SSSR count). The minimum absolute atomic E-state index is 0. The molecule has 0 spiro atoms. The number of aryl methyl sites for hydroxylation is 6. The van der Waals surface area contributed by atoms with E-state index in [2.05, 4.69) is 154 Å². The molecular weight excluding hydrogens is 610 g/mol. The van der Waals surface area contributed by atoms with Gasteiger partial charge in [0.1, 0.15) is 0 Å². The third kappa shape index (κ3) is 11.2. The van der Waals surface area contributed by atoms with Crippen molar-refractivity contribution in [2.45, 2.75) is 111 Å². The Kier molecular flexibility index (Phi) is 18.3. The fourth-order valence-electron chi connectivity index (χ4n) is 5.19. The summed E-state index contributed by atoms with van der Waals surface area (Å²) in [4.78, 5) is 0. The van der Waals surface area contributed by atoms with Crippen LogP contribution in [0.25, 0.3) is 0 Å². The Morgan fingerprint density at radius 3 is 0.537 bits per heavy atom. The van der Waals surface area contributed by atoms with Gasteiger partial charge in [-0.2, -0.15) is 0 Å². The SMILES string of the molecule is C[C]1[C](C)[C](C)[C](C)[C]1C.C[C]1[C](C)[C](C)[C](C)[C]1C.Cc1cc(C)c(P)c(C)c1.Cc1cc(C)c(P)c(C)c1.[Zr+2]. The minimum Gasteiger partial charge on any atom is -0.105 e. The largest absolute Gasteiger partial charge is 2.00 e. The van der Waals surface area contributed by atoms with Crippen molar-refractivity contribution in [2.75, 3.05) is 0 Å². The van der Waals surface area contributed by atoms with Crippen LogP contribution in [-0.2, 0) is 26.2 Å². The van der Waals surface area contributed by atoms with Crippen molar-refractivity contribution in [3.05, 3.63) is 117 Å². The molecule has 2 saturated carbocycles. The van der Waals surface area contributed by atoms with Crippen LogP contribution in [0, 0.1) is 101 Å². The molecule has 2 aromatic rings. The summed E-state index contributed by atoms with van der Waals surface area (Å²) in [5.74, 6) is 14.7. The molecule has 2 aliphatic rings. The van der Waals surface area contributed by atoms with Gasteiger partial charge in [-0.15, -0.1) is 18.5 Å². The summed E-state index contributed by atoms with van der Waals surface area (Å²) >= 11 is 0. The van der Waals surface area contributed by atoms with E-state index in [4.69, 9.17) is 0 Å². The van der Waals surface area contributed by atoms with Gasteiger partial charge in [-0.1, -0.05) is 105 Å². The quantitative estimate of drug-likeness (QED) is 0.246. The van der Waals surface area contributed by atoms with Crippen molar-refractivity contribution in [3.8, 4) is 0 Å². The summed E-state index contributed by atoms with van der Waals surface area (Å²) in [6, 6.07) is 8.81. The zero-order valence-corrected chi connectivity index (χ0v) is 33.7. The van der Waals surface area contributed by atoms with Gasteiger partial charge in [0.2, 0.25) is 0 Å². The second-order valence-electron chi connectivity index (χ2n) is 11.9. The van der Waals surface area contributed by atoms with Crippen LogP contribution in [0.1, 0.15) is 103 Å². The molecule has 2 fully saturated rings. The van der Waals surface area contributed by atoms with E-state index in [1.54, 1.807) is 0 Å². The molecule has 3 heteroatoms. The van der Waals surface area contributed by atoms with Crippen molar-refractivity contribution >= 4 is 29.1 Å². The Hall–Kier alpha value is 0.183. The summed E-state index contributed by atoms with van der Waals surface area (Å²) in [5, 5.41) is 2.68. The molecule has 0 aromatic heterocycles. The van der Waals surface area contributed by atoms with Crippen molar-refractivity contribution in [1.29, 1.82) is 0 Å². The summed E-state index contributed by atoms with van der Waals surface area (Å²) in [7, 11) is 5.53. The van der Waals surface area contributed by atoms with Gasteiger partial charge < -0.3 is 0 Å². The molecule has 0 amide bonds. The normalized spacial score (nSPS) is 18.8. The van der Waals surface area contributed by atoms with E-state index in [-0.39, 0.29) is 26.2 Å². The van der Waals surface area contributed by atoms with Crippen LogP contribution < -0.4 is 10.6 Å². The van der Waals surface area contributed by atoms with E-state index in [9.17, 15) is 0 Å². The minimum atomic E-state index is 0. The fourth-order valence-corrected chi connectivity index (χ4v) is 5.53. The van der Waals surface area contributed by atoms with Crippen LogP contribution in [0.4, 0.5) is 0 Å². The van der Waals surface area contributed by atoms with Crippen LogP contribution in [0.2, 0.25) is 0 Å². The third-order valence-electron chi connectivity index (χ3n) is 9.10.